The van der Waals surface area contributed by atoms with Crippen LogP contribution in [-0.2, 0) is 4.79 Å². The van der Waals surface area contributed by atoms with Crippen LogP contribution in [0.5, 0.6) is 0 Å². The van der Waals surface area contributed by atoms with Crippen LogP contribution in [0, 0.1) is 0 Å². The van der Waals surface area contributed by atoms with Gasteiger partial charge in [-0.25, -0.2) is 0 Å². The van der Waals surface area contributed by atoms with Crippen LogP contribution in [-0.4, -0.2) is 23.7 Å². The van der Waals surface area contributed by atoms with Gasteiger partial charge in [-0.15, -0.1) is 0 Å². The highest BCUT2D eigenvalue weighted by atomic mass is 16.4. The minimum Gasteiger partial charge on any atom is -0.480 e. The first-order chi connectivity index (χ1) is 5.57. The summed E-state index contributed by atoms with van der Waals surface area (Å²) in [7, 11) is 0. The predicted octanol–water partition coefficient (Wildman–Crippen LogP) is 1.41. The largest absolute Gasteiger partial charge is 0.480 e. The first-order valence-electron chi connectivity index (χ1n) is 4.18. The van der Waals surface area contributed by atoms with Gasteiger partial charge < -0.3 is 10.4 Å². The van der Waals surface area contributed by atoms with Gasteiger partial charge in [0, 0.05) is 6.54 Å². The Morgan fingerprint density at radius 2 is 2.25 bits per heavy atom. The van der Waals surface area contributed by atoms with Crippen molar-refractivity contribution < 1.29 is 9.90 Å². The summed E-state index contributed by atoms with van der Waals surface area (Å²) in [5.41, 5.74) is 0.956. The monoisotopic (exact) mass is 171 g/mol. The van der Waals surface area contributed by atoms with Crippen molar-refractivity contribution in [2.24, 2.45) is 0 Å². The summed E-state index contributed by atoms with van der Waals surface area (Å²) in [6, 6.07) is -0.424. The maximum atomic E-state index is 10.6. The predicted molar refractivity (Wildman–Crippen MR) is 49.1 cm³/mol. The van der Waals surface area contributed by atoms with E-state index in [1.165, 1.54) is 0 Å². The molecule has 0 amide bonds. The van der Waals surface area contributed by atoms with Gasteiger partial charge in [0.2, 0.25) is 0 Å². The maximum Gasteiger partial charge on any atom is 0.320 e. The summed E-state index contributed by atoms with van der Waals surface area (Å²) < 4.78 is 0. The van der Waals surface area contributed by atoms with Gasteiger partial charge in [-0.05, 0) is 13.3 Å². The van der Waals surface area contributed by atoms with E-state index in [9.17, 15) is 4.79 Å². The third kappa shape index (κ3) is 4.91. The Morgan fingerprint density at radius 3 is 2.58 bits per heavy atom. The fourth-order valence-electron chi connectivity index (χ4n) is 0.899. The van der Waals surface area contributed by atoms with Crippen LogP contribution in [0.15, 0.2) is 12.2 Å². The summed E-state index contributed by atoms with van der Waals surface area (Å²) in [5.74, 6) is -0.780. The van der Waals surface area contributed by atoms with Crippen LogP contribution >= 0.6 is 0 Å². The minimum absolute atomic E-state index is 0.424. The van der Waals surface area contributed by atoms with Crippen molar-refractivity contribution in [3.05, 3.63) is 12.2 Å². The lowest BCUT2D eigenvalue weighted by atomic mass is 10.1. The molecule has 0 rings (SSSR count). The number of nitrogens with one attached hydrogen (secondary N) is 1. The third-order valence-corrected chi connectivity index (χ3v) is 1.53. The Bertz CT molecular complexity index is 166. The molecule has 0 fully saturated rings. The normalized spacial score (nSPS) is 12.5. The van der Waals surface area contributed by atoms with Crippen LogP contribution in [0.25, 0.3) is 0 Å². The fourth-order valence-corrected chi connectivity index (χ4v) is 0.899. The van der Waals surface area contributed by atoms with Crippen LogP contribution in [0.4, 0.5) is 0 Å². The first-order valence-corrected chi connectivity index (χ1v) is 4.18. The highest BCUT2D eigenvalue weighted by molar-refractivity contribution is 5.73. The van der Waals surface area contributed by atoms with E-state index in [2.05, 4.69) is 11.9 Å². The molecule has 0 spiro atoms. The standard InChI is InChI=1S/C9H17NO2/c1-4-5-8(9(11)12)10-6-7(2)3/h8,10H,2,4-6H2,1,3H3,(H,11,12). The van der Waals surface area contributed by atoms with Gasteiger partial charge >= 0.3 is 5.97 Å². The van der Waals surface area contributed by atoms with Gasteiger partial charge in [-0.2, -0.15) is 0 Å². The number of carbonyl (C=O) groups is 1. The summed E-state index contributed by atoms with van der Waals surface area (Å²) in [6.45, 7) is 8.11. The number of aliphatic carboxylic acids is 1. The topological polar surface area (TPSA) is 49.3 Å². The zero-order valence-electron chi connectivity index (χ0n) is 7.76. The van der Waals surface area contributed by atoms with Crippen LogP contribution in [0.1, 0.15) is 26.7 Å². The van der Waals surface area contributed by atoms with Gasteiger partial charge in [-0.1, -0.05) is 25.5 Å². The van der Waals surface area contributed by atoms with E-state index >= 15 is 0 Å². The molecule has 0 aromatic carbocycles. The SMILES string of the molecule is C=C(C)CNC(CCC)C(=O)O. The van der Waals surface area contributed by atoms with Gasteiger partial charge in [0.15, 0.2) is 0 Å². The number of carboxylic acid groups (broad SMARTS) is 1. The molecule has 1 atom stereocenters. The second-order valence-electron chi connectivity index (χ2n) is 3.02. The van der Waals surface area contributed by atoms with Crippen LogP contribution < -0.4 is 5.32 Å². The number of carboxylic acids is 1. The second kappa shape index (κ2) is 5.77. The number of hydrogen-bond acceptors (Lipinski definition) is 2. The van der Waals surface area contributed by atoms with E-state index in [-0.39, 0.29) is 0 Å². The molecule has 70 valence electrons. The quantitative estimate of drug-likeness (QED) is 0.594. The van der Waals surface area contributed by atoms with Crippen LogP contribution in [0.2, 0.25) is 0 Å². The fraction of sp³-hybridized carbons (Fsp3) is 0.667. The zero-order chi connectivity index (χ0) is 9.56. The van der Waals surface area contributed by atoms with Crippen molar-refractivity contribution in [3.8, 4) is 0 Å². The van der Waals surface area contributed by atoms with E-state index in [4.69, 9.17) is 5.11 Å². The number of rotatable bonds is 6. The van der Waals surface area contributed by atoms with E-state index < -0.39 is 12.0 Å². The molecule has 2 N–H and O–H groups in total. The lowest BCUT2D eigenvalue weighted by molar-refractivity contribution is -0.139. The van der Waals surface area contributed by atoms with Crippen LogP contribution in [0.3, 0.4) is 0 Å². The Balaban J connectivity index is 3.79. The summed E-state index contributed by atoms with van der Waals surface area (Å²) in [6.07, 6.45) is 1.54. The maximum absolute atomic E-state index is 10.6. The lowest BCUT2D eigenvalue weighted by Gasteiger charge is -2.12. The Labute approximate surface area is 73.5 Å². The van der Waals surface area contributed by atoms with Gasteiger partial charge in [0.05, 0.1) is 0 Å². The summed E-state index contributed by atoms with van der Waals surface area (Å²) in [5, 5.41) is 11.6. The molecule has 0 saturated carbocycles. The van der Waals surface area contributed by atoms with Gasteiger partial charge in [0.1, 0.15) is 6.04 Å². The Hall–Kier alpha value is -0.830. The average Bonchev–Trinajstić information content (AvgIpc) is 1.96. The second-order valence-corrected chi connectivity index (χ2v) is 3.02. The van der Waals surface area contributed by atoms with E-state index in [0.717, 1.165) is 12.0 Å². The molecule has 0 aromatic heterocycles. The molecule has 0 radical (unpaired) electrons. The Kier molecular flexibility index (Phi) is 5.37. The van der Waals surface area contributed by atoms with Crippen molar-refractivity contribution >= 4 is 5.97 Å². The van der Waals surface area contributed by atoms with Crippen molar-refractivity contribution in [1.82, 2.24) is 5.32 Å². The molecule has 3 heteroatoms. The Morgan fingerprint density at radius 1 is 1.67 bits per heavy atom. The highest BCUT2D eigenvalue weighted by Gasteiger charge is 2.14. The molecule has 3 nitrogen and oxygen atoms in total. The van der Waals surface area contributed by atoms with Crippen molar-refractivity contribution in [2.75, 3.05) is 6.54 Å². The van der Waals surface area contributed by atoms with E-state index in [1.807, 2.05) is 13.8 Å². The minimum atomic E-state index is -0.780. The molecule has 0 aliphatic rings. The molecule has 0 saturated heterocycles. The molecular weight excluding hydrogens is 154 g/mol. The van der Waals surface area contributed by atoms with Crippen molar-refractivity contribution in [3.63, 3.8) is 0 Å². The summed E-state index contributed by atoms with van der Waals surface area (Å²) in [4.78, 5) is 10.6. The third-order valence-electron chi connectivity index (χ3n) is 1.53. The zero-order valence-corrected chi connectivity index (χ0v) is 7.76. The molecule has 0 bridgehead atoms. The first kappa shape index (κ1) is 11.2. The highest BCUT2D eigenvalue weighted by Crippen LogP contribution is 1.97. The van der Waals surface area contributed by atoms with Crippen molar-refractivity contribution in [1.29, 1.82) is 0 Å². The molecule has 12 heavy (non-hydrogen) atoms. The summed E-state index contributed by atoms with van der Waals surface area (Å²) >= 11 is 0. The van der Waals surface area contributed by atoms with E-state index in [1.54, 1.807) is 0 Å². The van der Waals surface area contributed by atoms with Crippen molar-refractivity contribution in [2.45, 2.75) is 32.7 Å². The van der Waals surface area contributed by atoms with Gasteiger partial charge in [-0.3, -0.25) is 4.79 Å². The lowest BCUT2D eigenvalue weighted by Crippen LogP contribution is -2.37. The average molecular weight is 171 g/mol. The molecule has 0 aliphatic heterocycles. The molecule has 0 aromatic rings. The molecular formula is C9H17NO2. The van der Waals surface area contributed by atoms with E-state index in [0.29, 0.717) is 13.0 Å². The molecule has 0 heterocycles. The number of hydrogen-bond donors (Lipinski definition) is 2. The van der Waals surface area contributed by atoms with Gasteiger partial charge in [0.25, 0.3) is 0 Å². The molecule has 0 aliphatic carbocycles. The molecule has 1 unspecified atom stereocenters. The smallest absolute Gasteiger partial charge is 0.320 e.